The number of fused-ring (bicyclic) bond motifs is 2. The van der Waals surface area contributed by atoms with Crippen molar-refractivity contribution in [3.63, 3.8) is 0 Å². The zero-order chi connectivity index (χ0) is 12.5. The van der Waals surface area contributed by atoms with Crippen molar-refractivity contribution < 1.29 is 9.47 Å². The fourth-order valence-electron chi connectivity index (χ4n) is 3.33. The third kappa shape index (κ3) is 1.91. The van der Waals surface area contributed by atoms with E-state index >= 15 is 0 Å². The standard InChI is InChI=1S/C15H21NO2/c1-3-16-7-8-18-15-10-12-11(9-13(15)16)5-4-6-14(12)17-2/h4-6,13,15H,3,7-10H2,1-2H3/t13?,15-/m0/s1. The number of hydrogen-bond acceptors (Lipinski definition) is 3. The quantitative estimate of drug-likeness (QED) is 0.796. The van der Waals surface area contributed by atoms with Crippen molar-refractivity contribution in [3.8, 4) is 5.75 Å². The Bertz CT molecular complexity index is 433. The summed E-state index contributed by atoms with van der Waals surface area (Å²) in [5.74, 6) is 1.02. The molecule has 0 amide bonds. The summed E-state index contributed by atoms with van der Waals surface area (Å²) < 4.78 is 11.4. The number of rotatable bonds is 2. The predicted octanol–water partition coefficient (Wildman–Crippen LogP) is 1.88. The molecule has 3 nitrogen and oxygen atoms in total. The normalized spacial score (nSPS) is 27.4. The SMILES string of the molecule is CCN1CCO[C@H]2Cc3c(cccc3OC)CC21. The molecule has 1 aromatic carbocycles. The maximum atomic E-state index is 5.97. The maximum Gasteiger partial charge on any atom is 0.122 e. The third-order valence-electron chi connectivity index (χ3n) is 4.30. The molecule has 2 atom stereocenters. The number of hydrogen-bond donors (Lipinski definition) is 0. The Morgan fingerprint density at radius 2 is 2.28 bits per heavy atom. The van der Waals surface area contributed by atoms with Gasteiger partial charge in [-0.2, -0.15) is 0 Å². The lowest BCUT2D eigenvalue weighted by atomic mass is 9.84. The highest BCUT2D eigenvalue weighted by atomic mass is 16.5. The van der Waals surface area contributed by atoms with Crippen molar-refractivity contribution >= 4 is 0 Å². The van der Waals surface area contributed by atoms with Gasteiger partial charge < -0.3 is 9.47 Å². The molecule has 1 aliphatic carbocycles. The van der Waals surface area contributed by atoms with E-state index in [2.05, 4.69) is 30.0 Å². The summed E-state index contributed by atoms with van der Waals surface area (Å²) in [5, 5.41) is 0. The van der Waals surface area contributed by atoms with Crippen LogP contribution < -0.4 is 4.74 Å². The monoisotopic (exact) mass is 247 g/mol. The Hall–Kier alpha value is -1.06. The number of morpholine rings is 1. The zero-order valence-electron chi connectivity index (χ0n) is 11.2. The van der Waals surface area contributed by atoms with Crippen LogP contribution in [0.2, 0.25) is 0 Å². The topological polar surface area (TPSA) is 21.7 Å². The average Bonchev–Trinajstić information content (AvgIpc) is 2.43. The smallest absolute Gasteiger partial charge is 0.122 e. The van der Waals surface area contributed by atoms with Gasteiger partial charge in [-0.25, -0.2) is 0 Å². The van der Waals surface area contributed by atoms with Crippen LogP contribution in [0.4, 0.5) is 0 Å². The molecule has 0 spiro atoms. The van der Waals surface area contributed by atoms with Gasteiger partial charge in [0.15, 0.2) is 0 Å². The van der Waals surface area contributed by atoms with E-state index in [1.165, 1.54) is 11.1 Å². The molecule has 0 N–H and O–H groups in total. The van der Waals surface area contributed by atoms with Crippen LogP contribution in [0.1, 0.15) is 18.1 Å². The minimum Gasteiger partial charge on any atom is -0.496 e. The summed E-state index contributed by atoms with van der Waals surface area (Å²) in [7, 11) is 1.75. The first kappa shape index (κ1) is 12.0. The van der Waals surface area contributed by atoms with Gasteiger partial charge in [0.1, 0.15) is 5.75 Å². The van der Waals surface area contributed by atoms with Gasteiger partial charge in [-0.3, -0.25) is 4.90 Å². The highest BCUT2D eigenvalue weighted by Gasteiger charge is 2.36. The van der Waals surface area contributed by atoms with Crippen LogP contribution in [0.3, 0.4) is 0 Å². The van der Waals surface area contributed by atoms with Crippen LogP contribution in [0.5, 0.6) is 5.75 Å². The molecule has 0 radical (unpaired) electrons. The van der Waals surface area contributed by atoms with Crippen LogP contribution in [0, 0.1) is 0 Å². The molecule has 3 heteroatoms. The Morgan fingerprint density at radius 1 is 1.39 bits per heavy atom. The van der Waals surface area contributed by atoms with Gasteiger partial charge in [-0.05, 0) is 30.2 Å². The van der Waals surface area contributed by atoms with Crippen LogP contribution in [-0.4, -0.2) is 43.9 Å². The predicted molar refractivity (Wildman–Crippen MR) is 71.2 cm³/mol. The molecule has 0 aromatic heterocycles. The fourth-order valence-corrected chi connectivity index (χ4v) is 3.33. The molecule has 98 valence electrons. The molecule has 1 heterocycles. The number of nitrogens with zero attached hydrogens (tertiary/aromatic N) is 1. The molecule has 1 aromatic rings. The van der Waals surface area contributed by atoms with Crippen LogP contribution in [-0.2, 0) is 17.6 Å². The average molecular weight is 247 g/mol. The first-order valence-electron chi connectivity index (χ1n) is 6.84. The molecule has 1 aliphatic heterocycles. The lowest BCUT2D eigenvalue weighted by Gasteiger charge is -2.44. The summed E-state index contributed by atoms with van der Waals surface area (Å²) in [6.07, 6.45) is 2.41. The molecule has 1 unspecified atom stereocenters. The zero-order valence-corrected chi connectivity index (χ0v) is 11.2. The second kappa shape index (κ2) is 4.90. The van der Waals surface area contributed by atoms with Crippen molar-refractivity contribution in [1.82, 2.24) is 4.90 Å². The van der Waals surface area contributed by atoms with Crippen LogP contribution in [0.25, 0.3) is 0 Å². The number of ether oxygens (including phenoxy) is 2. The van der Waals surface area contributed by atoms with E-state index in [-0.39, 0.29) is 0 Å². The van der Waals surface area contributed by atoms with Gasteiger partial charge >= 0.3 is 0 Å². The molecule has 2 aliphatic rings. The van der Waals surface area contributed by atoms with Crippen molar-refractivity contribution in [3.05, 3.63) is 29.3 Å². The summed E-state index contributed by atoms with van der Waals surface area (Å²) in [6.45, 7) is 5.28. The first-order chi connectivity index (χ1) is 8.83. The van der Waals surface area contributed by atoms with E-state index < -0.39 is 0 Å². The van der Waals surface area contributed by atoms with Gasteiger partial charge in [0.25, 0.3) is 0 Å². The summed E-state index contributed by atoms with van der Waals surface area (Å²) in [5.41, 5.74) is 2.78. The van der Waals surface area contributed by atoms with Gasteiger partial charge in [0.05, 0.1) is 19.8 Å². The Labute approximate surface area is 109 Å². The molecule has 0 saturated carbocycles. The van der Waals surface area contributed by atoms with Crippen molar-refractivity contribution in [2.24, 2.45) is 0 Å². The first-order valence-corrected chi connectivity index (χ1v) is 6.84. The lowest BCUT2D eigenvalue weighted by molar-refractivity contribution is -0.0724. The minimum absolute atomic E-state index is 0.336. The highest BCUT2D eigenvalue weighted by molar-refractivity contribution is 5.43. The third-order valence-corrected chi connectivity index (χ3v) is 4.30. The number of likely N-dealkylation sites (N-methyl/N-ethyl adjacent to an activating group) is 1. The van der Waals surface area contributed by atoms with Gasteiger partial charge in [0, 0.05) is 19.0 Å². The minimum atomic E-state index is 0.336. The summed E-state index contributed by atoms with van der Waals surface area (Å²) >= 11 is 0. The van der Waals surface area contributed by atoms with E-state index in [4.69, 9.17) is 9.47 Å². The summed E-state index contributed by atoms with van der Waals surface area (Å²) in [6, 6.07) is 6.93. The Balaban J connectivity index is 1.93. The van der Waals surface area contributed by atoms with Gasteiger partial charge in [-0.1, -0.05) is 19.1 Å². The molecular formula is C15H21NO2. The molecule has 3 rings (SSSR count). The van der Waals surface area contributed by atoms with E-state index in [1.807, 2.05) is 0 Å². The molecule has 1 fully saturated rings. The second-order valence-corrected chi connectivity index (χ2v) is 5.11. The number of benzene rings is 1. The maximum absolute atomic E-state index is 5.97. The van der Waals surface area contributed by atoms with Crippen LogP contribution >= 0.6 is 0 Å². The van der Waals surface area contributed by atoms with E-state index in [0.29, 0.717) is 12.1 Å². The Morgan fingerprint density at radius 3 is 3.06 bits per heavy atom. The second-order valence-electron chi connectivity index (χ2n) is 5.11. The molecule has 0 bridgehead atoms. The largest absolute Gasteiger partial charge is 0.496 e. The molecular weight excluding hydrogens is 226 g/mol. The Kier molecular flexibility index (Phi) is 3.27. The van der Waals surface area contributed by atoms with E-state index in [9.17, 15) is 0 Å². The van der Waals surface area contributed by atoms with Crippen LogP contribution in [0.15, 0.2) is 18.2 Å². The fraction of sp³-hybridized carbons (Fsp3) is 0.600. The van der Waals surface area contributed by atoms with Gasteiger partial charge in [-0.15, -0.1) is 0 Å². The van der Waals surface area contributed by atoms with Crippen molar-refractivity contribution in [2.45, 2.75) is 31.9 Å². The molecule has 18 heavy (non-hydrogen) atoms. The molecule has 1 saturated heterocycles. The van der Waals surface area contributed by atoms with E-state index in [0.717, 1.165) is 38.3 Å². The summed E-state index contributed by atoms with van der Waals surface area (Å²) in [4.78, 5) is 2.55. The van der Waals surface area contributed by atoms with E-state index in [1.54, 1.807) is 7.11 Å². The highest BCUT2D eigenvalue weighted by Crippen LogP contribution is 2.33. The van der Waals surface area contributed by atoms with Crippen molar-refractivity contribution in [2.75, 3.05) is 26.8 Å². The van der Waals surface area contributed by atoms with Gasteiger partial charge in [0.2, 0.25) is 0 Å². The lowest BCUT2D eigenvalue weighted by Crippen LogP contribution is -2.54. The van der Waals surface area contributed by atoms with Crippen molar-refractivity contribution in [1.29, 1.82) is 0 Å². The number of methoxy groups -OCH3 is 1.